The van der Waals surface area contributed by atoms with E-state index in [2.05, 4.69) is 5.10 Å². The summed E-state index contributed by atoms with van der Waals surface area (Å²) in [6.07, 6.45) is 0.690. The van der Waals surface area contributed by atoms with Gasteiger partial charge < -0.3 is 14.2 Å². The van der Waals surface area contributed by atoms with Gasteiger partial charge in [-0.3, -0.25) is 14.9 Å². The zero-order valence-corrected chi connectivity index (χ0v) is 18.4. The molecule has 0 radical (unpaired) electrons. The number of nitrogens with zero attached hydrogens (tertiary/aromatic N) is 3. The minimum absolute atomic E-state index is 0.0238. The van der Waals surface area contributed by atoms with Crippen LogP contribution in [0.4, 0.5) is 5.69 Å². The van der Waals surface area contributed by atoms with Crippen LogP contribution < -0.4 is 9.47 Å². The third-order valence-electron chi connectivity index (χ3n) is 5.92. The van der Waals surface area contributed by atoms with E-state index >= 15 is 0 Å². The molecule has 0 unspecified atom stereocenters. The van der Waals surface area contributed by atoms with Crippen molar-refractivity contribution >= 4 is 17.3 Å². The number of rotatable bonds is 5. The van der Waals surface area contributed by atoms with Crippen molar-refractivity contribution in [3.05, 3.63) is 63.7 Å². The maximum absolute atomic E-state index is 13.5. The highest BCUT2D eigenvalue weighted by Gasteiger charge is 2.47. The maximum atomic E-state index is 13.5. The number of benzene rings is 2. The predicted molar refractivity (Wildman–Crippen MR) is 117 cm³/mol. The van der Waals surface area contributed by atoms with Crippen LogP contribution in [0.2, 0.25) is 0 Å². The van der Waals surface area contributed by atoms with Crippen molar-refractivity contribution in [3.63, 3.8) is 0 Å². The minimum atomic E-state index is -0.567. The Bertz CT molecular complexity index is 1080. The predicted octanol–water partition coefficient (Wildman–Crippen LogP) is 3.98. The van der Waals surface area contributed by atoms with Crippen LogP contribution >= 0.6 is 0 Å². The summed E-state index contributed by atoms with van der Waals surface area (Å²) in [5.74, 6) is 0.360. The van der Waals surface area contributed by atoms with Gasteiger partial charge in [-0.25, -0.2) is 5.01 Å². The van der Waals surface area contributed by atoms with E-state index in [0.29, 0.717) is 18.8 Å². The van der Waals surface area contributed by atoms with Gasteiger partial charge in [0.1, 0.15) is 5.75 Å². The number of nitro benzene ring substituents is 1. The third kappa shape index (κ3) is 3.91. The first-order valence-electron chi connectivity index (χ1n) is 10.3. The van der Waals surface area contributed by atoms with Crippen molar-refractivity contribution in [2.75, 3.05) is 20.8 Å². The van der Waals surface area contributed by atoms with Gasteiger partial charge in [0.15, 0.2) is 5.75 Å². The molecule has 2 heterocycles. The van der Waals surface area contributed by atoms with Gasteiger partial charge in [-0.15, -0.1) is 0 Å². The Balaban J connectivity index is 1.75. The molecule has 0 spiro atoms. The van der Waals surface area contributed by atoms with Gasteiger partial charge in [-0.2, -0.15) is 5.10 Å². The fourth-order valence-corrected chi connectivity index (χ4v) is 4.29. The Morgan fingerprint density at radius 2 is 1.91 bits per heavy atom. The highest BCUT2D eigenvalue weighted by Crippen LogP contribution is 2.44. The zero-order chi connectivity index (χ0) is 23.0. The van der Waals surface area contributed by atoms with Gasteiger partial charge in [0, 0.05) is 17.5 Å². The Morgan fingerprint density at radius 1 is 1.19 bits per heavy atom. The SMILES string of the molecule is COc1ccc([C@H]2[C@@H]3CC(C)(C)OCC3=NN2C(=O)c2ccc(OC)c([N+](=O)[O-])c2)cc1. The van der Waals surface area contributed by atoms with Crippen molar-refractivity contribution in [1.82, 2.24) is 5.01 Å². The first-order chi connectivity index (χ1) is 15.2. The molecule has 168 valence electrons. The summed E-state index contributed by atoms with van der Waals surface area (Å²) < 4.78 is 16.2. The van der Waals surface area contributed by atoms with Gasteiger partial charge in [0.25, 0.3) is 5.91 Å². The Morgan fingerprint density at radius 3 is 2.53 bits per heavy atom. The second-order valence-corrected chi connectivity index (χ2v) is 8.46. The van der Waals surface area contributed by atoms with Gasteiger partial charge >= 0.3 is 5.69 Å². The molecule has 2 aliphatic rings. The number of hydrogen-bond acceptors (Lipinski definition) is 7. The van der Waals surface area contributed by atoms with Crippen LogP contribution in [0.1, 0.15) is 42.2 Å². The van der Waals surface area contributed by atoms with E-state index in [9.17, 15) is 14.9 Å². The molecule has 32 heavy (non-hydrogen) atoms. The van der Waals surface area contributed by atoms with Gasteiger partial charge in [0.2, 0.25) is 0 Å². The first-order valence-corrected chi connectivity index (χ1v) is 10.3. The van der Waals surface area contributed by atoms with E-state index in [4.69, 9.17) is 14.2 Å². The summed E-state index contributed by atoms with van der Waals surface area (Å²) >= 11 is 0. The minimum Gasteiger partial charge on any atom is -0.497 e. The van der Waals surface area contributed by atoms with E-state index in [0.717, 1.165) is 11.3 Å². The molecule has 0 aromatic heterocycles. The molecule has 1 fully saturated rings. The topological polar surface area (TPSA) is 104 Å². The Labute approximate surface area is 185 Å². The number of fused-ring (bicyclic) bond motifs is 1. The van der Waals surface area contributed by atoms with Crippen LogP contribution in [0.15, 0.2) is 47.6 Å². The van der Waals surface area contributed by atoms with E-state index in [1.165, 1.54) is 30.3 Å². The van der Waals surface area contributed by atoms with Crippen LogP contribution in [-0.2, 0) is 4.74 Å². The van der Waals surface area contributed by atoms with Crippen molar-refractivity contribution in [2.24, 2.45) is 11.0 Å². The number of carbonyl (C=O) groups is 1. The lowest BCUT2D eigenvalue weighted by Gasteiger charge is -2.37. The fourth-order valence-electron chi connectivity index (χ4n) is 4.29. The van der Waals surface area contributed by atoms with Crippen LogP contribution in [-0.4, -0.2) is 48.0 Å². The number of amides is 1. The second-order valence-electron chi connectivity index (χ2n) is 8.46. The molecule has 2 aliphatic heterocycles. The third-order valence-corrected chi connectivity index (χ3v) is 5.92. The molecule has 9 nitrogen and oxygen atoms in total. The summed E-state index contributed by atoms with van der Waals surface area (Å²) in [6.45, 7) is 4.37. The van der Waals surface area contributed by atoms with Crippen LogP contribution in [0.5, 0.6) is 11.5 Å². The smallest absolute Gasteiger partial charge is 0.311 e. The van der Waals surface area contributed by atoms with Crippen molar-refractivity contribution in [1.29, 1.82) is 0 Å². The van der Waals surface area contributed by atoms with E-state index in [1.54, 1.807) is 7.11 Å². The molecule has 0 bridgehead atoms. The highest BCUT2D eigenvalue weighted by atomic mass is 16.6. The summed E-state index contributed by atoms with van der Waals surface area (Å²) in [5.41, 5.74) is 1.24. The molecule has 0 aliphatic carbocycles. The number of hydrazone groups is 1. The average Bonchev–Trinajstić information content (AvgIpc) is 3.15. The number of carbonyl (C=O) groups excluding carboxylic acids is 1. The monoisotopic (exact) mass is 439 g/mol. The van der Waals surface area contributed by atoms with Crippen molar-refractivity contribution in [2.45, 2.75) is 31.9 Å². The highest BCUT2D eigenvalue weighted by molar-refractivity contribution is 6.00. The zero-order valence-electron chi connectivity index (χ0n) is 18.4. The van der Waals surface area contributed by atoms with Gasteiger partial charge in [-0.05, 0) is 50.1 Å². The van der Waals surface area contributed by atoms with Gasteiger partial charge in [0.05, 0.1) is 43.1 Å². The molecule has 4 rings (SSSR count). The Hall–Kier alpha value is -3.46. The normalized spacial score (nSPS) is 21.5. The quantitative estimate of drug-likeness (QED) is 0.516. The van der Waals surface area contributed by atoms with E-state index in [-0.39, 0.29) is 34.6 Å². The summed E-state index contributed by atoms with van der Waals surface area (Å²) in [5, 5.41) is 17.5. The average molecular weight is 439 g/mol. The number of ether oxygens (including phenoxy) is 3. The Kier molecular flexibility index (Phi) is 5.60. The van der Waals surface area contributed by atoms with Crippen molar-refractivity contribution in [3.8, 4) is 11.5 Å². The number of nitro groups is 1. The largest absolute Gasteiger partial charge is 0.497 e. The number of hydrogen-bond donors (Lipinski definition) is 0. The van der Waals surface area contributed by atoms with Crippen LogP contribution in [0, 0.1) is 16.0 Å². The summed E-state index contributed by atoms with van der Waals surface area (Å²) in [7, 11) is 2.95. The van der Waals surface area contributed by atoms with Crippen LogP contribution in [0.3, 0.4) is 0 Å². The molecule has 2 aromatic rings. The lowest BCUT2D eigenvalue weighted by Crippen LogP contribution is -2.41. The summed E-state index contributed by atoms with van der Waals surface area (Å²) in [6, 6.07) is 11.3. The molecular formula is C23H25N3O6. The fraction of sp³-hybridized carbons (Fsp3) is 0.391. The van der Waals surface area contributed by atoms with E-state index < -0.39 is 10.8 Å². The molecule has 1 saturated heterocycles. The molecule has 1 amide bonds. The molecule has 0 N–H and O–H groups in total. The number of methoxy groups -OCH3 is 2. The first kappa shape index (κ1) is 21.8. The van der Waals surface area contributed by atoms with Crippen LogP contribution in [0.25, 0.3) is 0 Å². The molecule has 2 atom stereocenters. The van der Waals surface area contributed by atoms with Crippen molar-refractivity contribution < 1.29 is 23.9 Å². The molecule has 0 saturated carbocycles. The molecular weight excluding hydrogens is 414 g/mol. The maximum Gasteiger partial charge on any atom is 0.311 e. The standard InChI is InChI=1S/C23H25N3O6/c1-23(2)12-17-18(13-32-23)24-25(21(17)14-5-8-16(30-3)9-6-14)22(27)15-7-10-20(31-4)19(11-15)26(28)29/h5-11,17,21H,12-13H2,1-4H3/t17-,21+/m1/s1. The lowest BCUT2D eigenvalue weighted by atomic mass is 9.80. The lowest BCUT2D eigenvalue weighted by molar-refractivity contribution is -0.385. The molecule has 9 heteroatoms. The summed E-state index contributed by atoms with van der Waals surface area (Å²) in [4.78, 5) is 24.4. The molecule has 2 aromatic carbocycles. The van der Waals surface area contributed by atoms with Gasteiger partial charge in [-0.1, -0.05) is 12.1 Å². The second kappa shape index (κ2) is 8.23. The van der Waals surface area contributed by atoms with E-state index in [1.807, 2.05) is 38.1 Å².